The van der Waals surface area contributed by atoms with Gasteiger partial charge in [0, 0.05) is 10.6 Å². The molecule has 3 aromatic rings. The van der Waals surface area contributed by atoms with Gasteiger partial charge in [0.15, 0.2) is 18.1 Å². The Morgan fingerprint density at radius 1 is 0.861 bits per heavy atom. The van der Waals surface area contributed by atoms with Crippen molar-refractivity contribution in [1.82, 2.24) is 10.9 Å². The number of sulfonamides is 1. The number of carbonyl (C=O) groups is 2. The third-order valence-corrected chi connectivity index (χ3v) is 6.58. The number of halogens is 2. The molecule has 0 unspecified atom stereocenters. The highest BCUT2D eigenvalue weighted by Gasteiger charge is 2.23. The van der Waals surface area contributed by atoms with Crippen molar-refractivity contribution in [3.63, 3.8) is 0 Å². The lowest BCUT2D eigenvalue weighted by molar-refractivity contribution is -0.123. The van der Waals surface area contributed by atoms with E-state index >= 15 is 0 Å². The van der Waals surface area contributed by atoms with Crippen molar-refractivity contribution in [3.05, 3.63) is 76.3 Å². The zero-order chi connectivity index (χ0) is 26.3. The third-order valence-electron chi connectivity index (χ3n) is 4.63. The maximum atomic E-state index is 13.0. The summed E-state index contributed by atoms with van der Waals surface area (Å²) in [4.78, 5) is 24.3. The number of benzene rings is 3. The van der Waals surface area contributed by atoms with Crippen molar-refractivity contribution in [2.45, 2.75) is 4.90 Å². The van der Waals surface area contributed by atoms with Gasteiger partial charge in [-0.15, -0.1) is 0 Å². The Morgan fingerprint density at radius 3 is 2.25 bits per heavy atom. The van der Waals surface area contributed by atoms with Gasteiger partial charge in [0.2, 0.25) is 0 Å². The normalized spacial score (nSPS) is 10.8. The summed E-state index contributed by atoms with van der Waals surface area (Å²) in [5, 5.41) is 0.386. The van der Waals surface area contributed by atoms with E-state index in [1.54, 1.807) is 24.3 Å². The molecule has 0 bridgehead atoms. The van der Waals surface area contributed by atoms with Gasteiger partial charge in [-0.25, -0.2) is 8.42 Å². The topological polar surface area (TPSA) is 132 Å². The number of amides is 2. The number of ether oxygens (including phenoxy) is 3. The number of para-hydroxylation sites is 2. The van der Waals surface area contributed by atoms with Gasteiger partial charge in [-0.2, -0.15) is 0 Å². The monoisotopic (exact) mass is 553 g/mol. The van der Waals surface area contributed by atoms with Crippen molar-refractivity contribution < 1.29 is 32.2 Å². The Kier molecular flexibility index (Phi) is 8.86. The highest BCUT2D eigenvalue weighted by Crippen LogP contribution is 2.31. The molecule has 2 amide bonds. The van der Waals surface area contributed by atoms with Gasteiger partial charge in [0.05, 0.1) is 24.9 Å². The Morgan fingerprint density at radius 2 is 1.56 bits per heavy atom. The van der Waals surface area contributed by atoms with Crippen LogP contribution in [-0.2, 0) is 14.8 Å². The number of hydrogen-bond donors (Lipinski definition) is 3. The standard InChI is InChI=1S/C23H21Cl2N3O7S/c1-33-18-5-3-4-6-19(18)35-13-22(29)26-27-23(30)14-7-10-20(34-2)21(11-14)36(31,32)28-17-12-15(24)8-9-16(17)25/h3-12,28H,13H2,1-2H3,(H,26,29)(H,27,30). The van der Waals surface area contributed by atoms with Gasteiger partial charge in [-0.05, 0) is 48.5 Å². The molecule has 0 aliphatic rings. The molecule has 0 radical (unpaired) electrons. The molecule has 0 fully saturated rings. The van der Waals surface area contributed by atoms with E-state index in [-0.39, 0.29) is 31.9 Å². The highest BCUT2D eigenvalue weighted by atomic mass is 35.5. The van der Waals surface area contributed by atoms with E-state index in [1.165, 1.54) is 44.6 Å². The molecule has 0 atom stereocenters. The van der Waals surface area contributed by atoms with Crippen LogP contribution in [0.15, 0.2) is 65.6 Å². The fourth-order valence-electron chi connectivity index (χ4n) is 2.92. The van der Waals surface area contributed by atoms with Crippen molar-refractivity contribution in [2.24, 2.45) is 0 Å². The van der Waals surface area contributed by atoms with Crippen LogP contribution >= 0.6 is 23.2 Å². The number of rotatable bonds is 9. The van der Waals surface area contributed by atoms with E-state index in [0.29, 0.717) is 11.5 Å². The van der Waals surface area contributed by atoms with E-state index in [1.807, 2.05) is 0 Å². The molecule has 0 aromatic heterocycles. The summed E-state index contributed by atoms with van der Waals surface area (Å²) in [5.41, 5.74) is 4.37. The van der Waals surface area contributed by atoms with Crippen LogP contribution in [0, 0.1) is 0 Å². The molecule has 36 heavy (non-hydrogen) atoms. The predicted molar refractivity (Wildman–Crippen MR) is 134 cm³/mol. The Labute approximate surface area is 217 Å². The van der Waals surface area contributed by atoms with Gasteiger partial charge in [0.25, 0.3) is 21.8 Å². The van der Waals surface area contributed by atoms with E-state index in [9.17, 15) is 18.0 Å². The maximum Gasteiger partial charge on any atom is 0.276 e. The van der Waals surface area contributed by atoms with Crippen molar-refractivity contribution in [2.75, 3.05) is 25.5 Å². The first-order chi connectivity index (χ1) is 17.1. The van der Waals surface area contributed by atoms with Crippen LogP contribution < -0.4 is 29.8 Å². The van der Waals surface area contributed by atoms with Gasteiger partial charge in [0.1, 0.15) is 10.6 Å². The van der Waals surface area contributed by atoms with E-state index in [4.69, 9.17) is 37.4 Å². The minimum absolute atomic E-state index is 0.0218. The highest BCUT2D eigenvalue weighted by molar-refractivity contribution is 7.92. The third kappa shape index (κ3) is 6.72. The first-order valence-corrected chi connectivity index (χ1v) is 12.4. The zero-order valence-electron chi connectivity index (χ0n) is 19.0. The molecular formula is C23H21Cl2N3O7S. The van der Waals surface area contributed by atoms with Crippen LogP contribution in [0.5, 0.6) is 17.2 Å². The fraction of sp³-hybridized carbons (Fsp3) is 0.130. The molecule has 3 rings (SSSR count). The van der Waals surface area contributed by atoms with Crippen LogP contribution in [0.2, 0.25) is 10.0 Å². The van der Waals surface area contributed by atoms with E-state index in [2.05, 4.69) is 15.6 Å². The second-order valence-electron chi connectivity index (χ2n) is 7.04. The Bertz CT molecular complexity index is 1380. The molecule has 0 saturated carbocycles. The van der Waals surface area contributed by atoms with Gasteiger partial charge >= 0.3 is 0 Å². The molecule has 3 N–H and O–H groups in total. The molecule has 0 aliphatic heterocycles. The Balaban J connectivity index is 1.70. The fourth-order valence-corrected chi connectivity index (χ4v) is 4.58. The summed E-state index contributed by atoms with van der Waals surface area (Å²) in [5.74, 6) is -0.674. The number of carbonyl (C=O) groups excluding carboxylic acids is 2. The van der Waals surface area contributed by atoms with Crippen LogP contribution in [0.1, 0.15) is 10.4 Å². The summed E-state index contributed by atoms with van der Waals surface area (Å²) >= 11 is 12.0. The molecule has 10 nitrogen and oxygen atoms in total. The molecule has 3 aromatic carbocycles. The maximum absolute atomic E-state index is 13.0. The summed E-state index contributed by atoms with van der Waals surface area (Å²) in [6.45, 7) is -0.410. The second-order valence-corrected chi connectivity index (χ2v) is 9.53. The van der Waals surface area contributed by atoms with Gasteiger partial charge in [-0.1, -0.05) is 35.3 Å². The van der Waals surface area contributed by atoms with Crippen LogP contribution in [0.3, 0.4) is 0 Å². The van der Waals surface area contributed by atoms with Crippen LogP contribution in [-0.4, -0.2) is 41.1 Å². The minimum Gasteiger partial charge on any atom is -0.495 e. The predicted octanol–water partition coefficient (Wildman–Crippen LogP) is 3.65. The lowest BCUT2D eigenvalue weighted by Gasteiger charge is -2.14. The lowest BCUT2D eigenvalue weighted by atomic mass is 10.2. The molecule has 0 aliphatic carbocycles. The second kappa shape index (κ2) is 11.8. The van der Waals surface area contributed by atoms with Crippen molar-refractivity contribution in [1.29, 1.82) is 0 Å². The summed E-state index contributed by atoms with van der Waals surface area (Å²) < 4.78 is 44.1. The number of hydrogen-bond acceptors (Lipinski definition) is 7. The number of hydrazine groups is 1. The van der Waals surface area contributed by atoms with E-state index < -0.39 is 28.4 Å². The number of nitrogens with one attached hydrogen (secondary N) is 3. The average molecular weight is 554 g/mol. The summed E-state index contributed by atoms with van der Waals surface area (Å²) in [6, 6.07) is 14.7. The van der Waals surface area contributed by atoms with Gasteiger partial charge < -0.3 is 14.2 Å². The lowest BCUT2D eigenvalue weighted by Crippen LogP contribution is -2.43. The SMILES string of the molecule is COc1ccccc1OCC(=O)NNC(=O)c1ccc(OC)c(S(=O)(=O)Nc2cc(Cl)ccc2Cl)c1. The van der Waals surface area contributed by atoms with Gasteiger partial charge in [-0.3, -0.25) is 25.2 Å². The van der Waals surface area contributed by atoms with Crippen LogP contribution in [0.25, 0.3) is 0 Å². The Hall–Kier alpha value is -3.67. The quantitative estimate of drug-likeness (QED) is 0.344. The van der Waals surface area contributed by atoms with Crippen molar-refractivity contribution >= 4 is 50.7 Å². The smallest absolute Gasteiger partial charge is 0.276 e. The molecule has 13 heteroatoms. The summed E-state index contributed by atoms with van der Waals surface area (Å²) in [7, 11) is -1.50. The largest absolute Gasteiger partial charge is 0.495 e. The number of methoxy groups -OCH3 is 2. The first-order valence-electron chi connectivity index (χ1n) is 10.2. The first kappa shape index (κ1) is 26.9. The molecule has 190 valence electrons. The molecule has 0 heterocycles. The molecular weight excluding hydrogens is 533 g/mol. The van der Waals surface area contributed by atoms with Crippen molar-refractivity contribution in [3.8, 4) is 17.2 Å². The zero-order valence-corrected chi connectivity index (χ0v) is 21.3. The van der Waals surface area contributed by atoms with Crippen LogP contribution in [0.4, 0.5) is 5.69 Å². The molecule has 0 spiro atoms. The minimum atomic E-state index is -4.25. The molecule has 0 saturated heterocycles. The summed E-state index contributed by atoms with van der Waals surface area (Å²) in [6.07, 6.45) is 0. The average Bonchev–Trinajstić information content (AvgIpc) is 2.87. The van der Waals surface area contributed by atoms with E-state index in [0.717, 1.165) is 6.07 Å². The number of anilines is 1.